The average Bonchev–Trinajstić information content (AvgIpc) is 2.77. The first kappa shape index (κ1) is 13.5. The molecule has 0 spiro atoms. The number of carbonyl (C=O) groups is 1. The van der Waals surface area contributed by atoms with Gasteiger partial charge in [0.2, 0.25) is 0 Å². The van der Waals surface area contributed by atoms with Gasteiger partial charge in [-0.1, -0.05) is 0 Å². The highest BCUT2D eigenvalue weighted by Gasteiger charge is 2.28. The van der Waals surface area contributed by atoms with E-state index in [1.807, 2.05) is 12.1 Å². The van der Waals surface area contributed by atoms with Crippen molar-refractivity contribution in [2.24, 2.45) is 5.73 Å². The molecule has 0 aromatic carbocycles. The van der Waals surface area contributed by atoms with Crippen molar-refractivity contribution in [1.82, 2.24) is 14.8 Å². The van der Waals surface area contributed by atoms with Gasteiger partial charge in [0.05, 0.1) is 11.8 Å². The van der Waals surface area contributed by atoms with Crippen LogP contribution in [0, 0.1) is 3.57 Å². The van der Waals surface area contributed by atoms with Crippen LogP contribution in [0.2, 0.25) is 0 Å². The highest BCUT2D eigenvalue weighted by Crippen LogP contribution is 2.26. The molecule has 1 aliphatic rings. The molecule has 20 heavy (non-hydrogen) atoms. The van der Waals surface area contributed by atoms with Gasteiger partial charge in [-0.3, -0.25) is 4.79 Å². The minimum Gasteiger partial charge on any atom is -0.393 e. The molecule has 1 atom stereocenters. The van der Waals surface area contributed by atoms with Gasteiger partial charge in [-0.15, -0.1) is 0 Å². The molecular weight excluding hydrogens is 371 g/mol. The van der Waals surface area contributed by atoms with Crippen molar-refractivity contribution in [3.63, 3.8) is 0 Å². The summed E-state index contributed by atoms with van der Waals surface area (Å²) in [6, 6.07) is 3.75. The molecule has 7 heteroatoms. The molecule has 1 amide bonds. The van der Waals surface area contributed by atoms with Gasteiger partial charge >= 0.3 is 0 Å². The Bertz CT molecular complexity index is 683. The number of aliphatic hydroxyl groups is 1. The summed E-state index contributed by atoms with van der Waals surface area (Å²) >= 11 is 2.19. The van der Waals surface area contributed by atoms with Crippen LogP contribution in [-0.4, -0.2) is 31.9 Å². The molecule has 3 rings (SSSR count). The van der Waals surface area contributed by atoms with Gasteiger partial charge in [-0.05, 0) is 47.6 Å². The van der Waals surface area contributed by atoms with Crippen molar-refractivity contribution in [2.45, 2.75) is 25.4 Å². The second-order valence-corrected chi connectivity index (χ2v) is 6.02. The summed E-state index contributed by atoms with van der Waals surface area (Å²) in [6.07, 6.45) is 2.97. The van der Waals surface area contributed by atoms with E-state index in [1.54, 1.807) is 10.9 Å². The summed E-state index contributed by atoms with van der Waals surface area (Å²) in [5.74, 6) is 0.0942. The summed E-state index contributed by atoms with van der Waals surface area (Å²) in [4.78, 5) is 15.8. The summed E-state index contributed by atoms with van der Waals surface area (Å²) in [7, 11) is 0. The van der Waals surface area contributed by atoms with Crippen molar-refractivity contribution in [2.75, 3.05) is 0 Å². The lowest BCUT2D eigenvalue weighted by Crippen LogP contribution is -2.22. The highest BCUT2D eigenvalue weighted by molar-refractivity contribution is 14.1. The van der Waals surface area contributed by atoms with Gasteiger partial charge in [0.1, 0.15) is 0 Å². The molecule has 0 saturated heterocycles. The third kappa shape index (κ3) is 2.31. The number of hydrogen-bond acceptors (Lipinski definition) is 4. The third-order valence-corrected chi connectivity index (χ3v) is 4.08. The summed E-state index contributed by atoms with van der Waals surface area (Å²) in [6.45, 7) is 0. The molecule has 6 nitrogen and oxygen atoms in total. The Morgan fingerprint density at radius 2 is 2.35 bits per heavy atom. The zero-order chi connectivity index (χ0) is 14.3. The van der Waals surface area contributed by atoms with Crippen molar-refractivity contribution < 1.29 is 9.90 Å². The zero-order valence-electron chi connectivity index (χ0n) is 10.6. The normalized spacial score (nSPS) is 17.8. The van der Waals surface area contributed by atoms with Gasteiger partial charge in [0, 0.05) is 21.8 Å². The Kier molecular flexibility index (Phi) is 3.47. The first-order chi connectivity index (χ1) is 9.56. The lowest BCUT2D eigenvalue weighted by Gasteiger charge is -2.18. The maximum atomic E-state index is 11.5. The topological polar surface area (TPSA) is 94.0 Å². The van der Waals surface area contributed by atoms with Crippen LogP contribution in [0.15, 0.2) is 18.3 Å². The third-order valence-electron chi connectivity index (χ3n) is 3.40. The molecule has 1 unspecified atom stereocenters. The van der Waals surface area contributed by atoms with E-state index in [0.717, 1.165) is 14.8 Å². The number of nitrogens with zero attached hydrogens (tertiary/aromatic N) is 3. The van der Waals surface area contributed by atoms with E-state index in [4.69, 9.17) is 5.73 Å². The number of aliphatic hydroxyl groups excluding tert-OH is 1. The zero-order valence-corrected chi connectivity index (χ0v) is 12.7. The van der Waals surface area contributed by atoms with Crippen molar-refractivity contribution in [3.05, 3.63) is 38.9 Å². The van der Waals surface area contributed by atoms with E-state index in [1.165, 1.54) is 0 Å². The van der Waals surface area contributed by atoms with Gasteiger partial charge in [-0.25, -0.2) is 9.67 Å². The molecule has 2 aromatic heterocycles. The number of rotatable bonds is 2. The van der Waals surface area contributed by atoms with Crippen molar-refractivity contribution in [3.8, 4) is 5.82 Å². The first-order valence-electron chi connectivity index (χ1n) is 6.27. The fraction of sp³-hybridized carbons (Fsp3) is 0.308. The monoisotopic (exact) mass is 384 g/mol. The van der Waals surface area contributed by atoms with E-state index in [0.29, 0.717) is 25.1 Å². The lowest BCUT2D eigenvalue weighted by molar-refractivity contribution is 0.0993. The van der Waals surface area contributed by atoms with Crippen LogP contribution >= 0.6 is 22.6 Å². The fourth-order valence-corrected chi connectivity index (χ4v) is 2.93. The number of aromatic nitrogens is 3. The van der Waals surface area contributed by atoms with Gasteiger partial charge in [-0.2, -0.15) is 5.10 Å². The van der Waals surface area contributed by atoms with Crippen LogP contribution in [0.3, 0.4) is 0 Å². The molecule has 104 valence electrons. The molecule has 0 bridgehead atoms. The molecular formula is C13H13IN4O2. The second kappa shape index (κ2) is 5.13. The molecule has 1 aliphatic carbocycles. The molecule has 3 N–H and O–H groups in total. The number of pyridine rings is 1. The number of primary amides is 1. The minimum absolute atomic E-state index is 0.285. The fourth-order valence-electron chi connectivity index (χ4n) is 2.49. The molecule has 2 aromatic rings. The maximum absolute atomic E-state index is 11.5. The maximum Gasteiger partial charge on any atom is 0.269 e. The van der Waals surface area contributed by atoms with E-state index < -0.39 is 12.0 Å². The number of carbonyl (C=O) groups excluding carboxylic acids is 1. The number of hydrogen-bond donors (Lipinski definition) is 2. The molecule has 2 heterocycles. The SMILES string of the molecule is NC(=O)c1nn(-c2cc(I)ccn2)c2c1CCC(O)C2. The summed E-state index contributed by atoms with van der Waals surface area (Å²) < 4.78 is 2.65. The molecule has 0 radical (unpaired) electrons. The van der Waals surface area contributed by atoms with Gasteiger partial charge in [0.25, 0.3) is 5.91 Å². The van der Waals surface area contributed by atoms with Crippen LogP contribution in [0.25, 0.3) is 5.82 Å². The Morgan fingerprint density at radius 3 is 3.05 bits per heavy atom. The summed E-state index contributed by atoms with van der Waals surface area (Å²) in [5, 5.41) is 14.2. The quantitative estimate of drug-likeness (QED) is 0.750. The van der Waals surface area contributed by atoms with Crippen molar-refractivity contribution in [1.29, 1.82) is 0 Å². The molecule has 0 aliphatic heterocycles. The number of fused-ring (bicyclic) bond motifs is 1. The minimum atomic E-state index is -0.540. The second-order valence-electron chi connectivity index (χ2n) is 4.78. The smallest absolute Gasteiger partial charge is 0.269 e. The van der Waals surface area contributed by atoms with E-state index >= 15 is 0 Å². The summed E-state index contributed by atoms with van der Waals surface area (Å²) in [5.41, 5.74) is 7.34. The highest BCUT2D eigenvalue weighted by atomic mass is 127. The predicted octanol–water partition coefficient (Wildman–Crippen LogP) is 0.820. The first-order valence-corrected chi connectivity index (χ1v) is 7.34. The Labute approximate surface area is 129 Å². The Balaban J connectivity index is 2.18. The number of nitrogens with two attached hydrogens (primary N) is 1. The van der Waals surface area contributed by atoms with Gasteiger partial charge in [0.15, 0.2) is 11.5 Å². The number of halogens is 1. The van der Waals surface area contributed by atoms with Crippen LogP contribution in [0.5, 0.6) is 0 Å². The number of amides is 1. The van der Waals surface area contributed by atoms with E-state index in [9.17, 15) is 9.90 Å². The van der Waals surface area contributed by atoms with Crippen molar-refractivity contribution >= 4 is 28.5 Å². The predicted molar refractivity (Wildman–Crippen MR) is 80.6 cm³/mol. The average molecular weight is 384 g/mol. The molecule has 0 fully saturated rings. The largest absolute Gasteiger partial charge is 0.393 e. The van der Waals surface area contributed by atoms with E-state index in [-0.39, 0.29) is 5.69 Å². The Morgan fingerprint density at radius 1 is 1.55 bits per heavy atom. The lowest BCUT2D eigenvalue weighted by atomic mass is 9.93. The molecule has 0 saturated carbocycles. The van der Waals surface area contributed by atoms with Crippen LogP contribution in [-0.2, 0) is 12.8 Å². The van der Waals surface area contributed by atoms with Crippen LogP contribution < -0.4 is 5.73 Å². The van der Waals surface area contributed by atoms with E-state index in [2.05, 4.69) is 32.7 Å². The van der Waals surface area contributed by atoms with Crippen LogP contribution in [0.1, 0.15) is 28.2 Å². The Hall–Kier alpha value is -1.48. The van der Waals surface area contributed by atoms with Gasteiger partial charge < -0.3 is 10.8 Å². The van der Waals surface area contributed by atoms with Crippen LogP contribution in [0.4, 0.5) is 0 Å². The standard InChI is InChI=1S/C13H13IN4O2/c14-7-3-4-16-11(5-7)18-10-6-8(19)1-2-9(10)12(17-18)13(15)20/h3-5,8,19H,1-2,6H2,(H2,15,20).